The first-order valence-electron chi connectivity index (χ1n) is 13.2. The van der Waals surface area contributed by atoms with Gasteiger partial charge in [-0.1, -0.05) is 32.0 Å². The van der Waals surface area contributed by atoms with Crippen LogP contribution in [0.2, 0.25) is 0 Å². The Hall–Kier alpha value is -2.74. The number of esters is 1. The largest absolute Gasteiger partial charge is 0.466 e. The van der Waals surface area contributed by atoms with Crippen molar-refractivity contribution in [1.82, 2.24) is 4.98 Å². The summed E-state index contributed by atoms with van der Waals surface area (Å²) in [5.41, 5.74) is 0.526. The molecule has 2 aliphatic heterocycles. The van der Waals surface area contributed by atoms with E-state index in [0.717, 1.165) is 17.6 Å². The number of Topliss-reactive ketones (excluding diaryl/α,β-unsaturated/α-hetero) is 1. The second-order valence-corrected chi connectivity index (χ2v) is 12.5. The molecule has 194 valence electrons. The molecule has 3 heterocycles. The van der Waals surface area contributed by atoms with Crippen LogP contribution in [-0.4, -0.2) is 52.0 Å². The molecule has 2 aromatic rings. The summed E-state index contributed by atoms with van der Waals surface area (Å²) in [7, 11) is 1.33. The molecule has 2 N–H and O–H groups in total. The smallest absolute Gasteiger partial charge is 0.330 e. The lowest BCUT2D eigenvalue weighted by Gasteiger charge is -2.64. The maximum Gasteiger partial charge on any atom is 0.330 e. The first-order chi connectivity index (χ1) is 17.4. The molecule has 3 fully saturated rings. The number of fused-ring (bicyclic) bond motifs is 9. The molecule has 0 amide bonds. The van der Waals surface area contributed by atoms with Gasteiger partial charge in [0.25, 0.3) is 0 Å². The van der Waals surface area contributed by atoms with Crippen LogP contribution in [0.1, 0.15) is 58.2 Å². The lowest BCUT2D eigenvalue weighted by atomic mass is 9.42. The van der Waals surface area contributed by atoms with E-state index < -0.39 is 39.9 Å². The normalized spacial score (nSPS) is 42.2. The van der Waals surface area contributed by atoms with Gasteiger partial charge in [0.2, 0.25) is 0 Å². The summed E-state index contributed by atoms with van der Waals surface area (Å²) in [4.78, 5) is 30.1. The zero-order valence-electron chi connectivity index (χ0n) is 21.9. The van der Waals surface area contributed by atoms with Crippen molar-refractivity contribution in [3.63, 3.8) is 0 Å². The Kier molecular flexibility index (Phi) is 4.31. The Balaban J connectivity index is 1.46. The van der Waals surface area contributed by atoms with E-state index in [2.05, 4.69) is 31.0 Å². The highest BCUT2D eigenvalue weighted by Gasteiger charge is 2.77. The highest BCUT2D eigenvalue weighted by Crippen LogP contribution is 2.71. The third-order valence-corrected chi connectivity index (χ3v) is 10.6. The summed E-state index contributed by atoms with van der Waals surface area (Å²) in [5.74, 6) is -1.85. The molecule has 5 aliphatic rings. The molecule has 6 atom stereocenters. The van der Waals surface area contributed by atoms with Crippen LogP contribution in [0, 0.1) is 11.3 Å². The topological polar surface area (TPSA) is 97.9 Å². The third-order valence-electron chi connectivity index (χ3n) is 10.6. The van der Waals surface area contributed by atoms with Crippen LogP contribution < -0.4 is 0 Å². The predicted molar refractivity (Wildman–Crippen MR) is 136 cm³/mol. The van der Waals surface area contributed by atoms with Crippen LogP contribution in [0.15, 0.2) is 47.6 Å². The van der Waals surface area contributed by atoms with E-state index in [9.17, 15) is 14.7 Å². The maximum absolute atomic E-state index is 14.1. The van der Waals surface area contributed by atoms with Crippen LogP contribution in [0.25, 0.3) is 10.9 Å². The van der Waals surface area contributed by atoms with Gasteiger partial charge >= 0.3 is 5.97 Å². The van der Waals surface area contributed by atoms with Crippen molar-refractivity contribution < 1.29 is 28.9 Å². The van der Waals surface area contributed by atoms with Crippen LogP contribution in [0.5, 0.6) is 0 Å². The first kappa shape index (κ1) is 23.4. The van der Waals surface area contributed by atoms with Gasteiger partial charge < -0.3 is 24.3 Å². The summed E-state index contributed by atoms with van der Waals surface area (Å²) in [6.45, 7) is 8.10. The number of carbonyl (C=O) groups is 2. The fourth-order valence-corrected chi connectivity index (χ4v) is 8.58. The number of rotatable bonds is 1. The maximum atomic E-state index is 14.1. The van der Waals surface area contributed by atoms with Gasteiger partial charge in [0.05, 0.1) is 12.7 Å². The van der Waals surface area contributed by atoms with Crippen LogP contribution in [0.4, 0.5) is 0 Å². The fraction of sp³-hybridized carbons (Fsp3) is 0.533. The lowest BCUT2D eigenvalue weighted by Crippen LogP contribution is -2.73. The van der Waals surface area contributed by atoms with Crippen molar-refractivity contribution in [1.29, 1.82) is 0 Å². The number of nitrogens with one attached hydrogen (secondary N) is 1. The van der Waals surface area contributed by atoms with Crippen LogP contribution in [-0.2, 0) is 35.6 Å². The van der Waals surface area contributed by atoms with Crippen molar-refractivity contribution in [2.75, 3.05) is 7.11 Å². The summed E-state index contributed by atoms with van der Waals surface area (Å²) in [6.07, 6.45) is 4.78. The number of benzene rings is 1. The number of hydrogen-bond donors (Lipinski definition) is 2. The number of para-hydroxylation sites is 1. The number of hydrogen-bond acceptors (Lipinski definition) is 6. The Morgan fingerprint density at radius 2 is 1.92 bits per heavy atom. The van der Waals surface area contributed by atoms with Gasteiger partial charge in [0.1, 0.15) is 6.10 Å². The number of aliphatic hydroxyl groups is 1. The lowest BCUT2D eigenvalue weighted by molar-refractivity contribution is -0.239. The predicted octanol–water partition coefficient (Wildman–Crippen LogP) is 4.03. The van der Waals surface area contributed by atoms with E-state index >= 15 is 0 Å². The Morgan fingerprint density at radius 1 is 1.16 bits per heavy atom. The van der Waals surface area contributed by atoms with E-state index in [0.29, 0.717) is 24.0 Å². The molecule has 7 nitrogen and oxygen atoms in total. The van der Waals surface area contributed by atoms with E-state index in [1.54, 1.807) is 6.08 Å². The highest BCUT2D eigenvalue weighted by atomic mass is 16.8. The molecule has 1 spiro atoms. The van der Waals surface area contributed by atoms with Gasteiger partial charge in [-0.05, 0) is 55.9 Å². The van der Waals surface area contributed by atoms with Gasteiger partial charge in [-0.25, -0.2) is 4.79 Å². The van der Waals surface area contributed by atoms with Gasteiger partial charge in [0.15, 0.2) is 17.2 Å². The van der Waals surface area contributed by atoms with Crippen molar-refractivity contribution in [3.8, 4) is 0 Å². The van der Waals surface area contributed by atoms with E-state index in [4.69, 9.17) is 14.2 Å². The van der Waals surface area contributed by atoms with Crippen molar-refractivity contribution in [2.24, 2.45) is 11.3 Å². The molecule has 2 saturated carbocycles. The van der Waals surface area contributed by atoms with Crippen molar-refractivity contribution >= 4 is 22.7 Å². The molecule has 1 aromatic carbocycles. The number of ketones is 1. The van der Waals surface area contributed by atoms with Crippen LogP contribution >= 0.6 is 0 Å². The minimum atomic E-state index is -1.82. The van der Waals surface area contributed by atoms with Gasteiger partial charge in [-0.15, -0.1) is 0 Å². The number of aromatic amines is 1. The summed E-state index contributed by atoms with van der Waals surface area (Å²) in [6, 6.07) is 8.28. The molecule has 37 heavy (non-hydrogen) atoms. The molecular formula is C30H33NO6. The summed E-state index contributed by atoms with van der Waals surface area (Å²) in [5, 5.41) is 14.0. The number of H-pyrrole nitrogens is 1. The quantitative estimate of drug-likeness (QED) is 0.451. The third kappa shape index (κ3) is 2.49. The van der Waals surface area contributed by atoms with E-state index in [1.165, 1.54) is 24.1 Å². The summed E-state index contributed by atoms with van der Waals surface area (Å²) >= 11 is 0. The molecule has 7 rings (SSSR count). The first-order valence-corrected chi connectivity index (χ1v) is 13.2. The second kappa shape index (κ2) is 6.82. The zero-order chi connectivity index (χ0) is 26.2. The standard InChI is InChI=1S/C30H33NO6/c1-26(2)25-16(13-23(33)35-5)12-21-29(36-25,37-26)11-10-27(3)28(4)17(15-22(32)30(21,27)34)14-19-18-8-6-7-9-20(18)31-24(19)28/h6-9,12-13,17,25,31,34H,10-11,14-15H2,1-5H3/b16-13-/t17-,25+,27-,28-,29?,30+/m1/s1. The molecular weight excluding hydrogens is 470 g/mol. The average Bonchev–Trinajstić information content (AvgIpc) is 3.44. The number of ether oxygens (including phenoxy) is 3. The molecule has 1 unspecified atom stereocenters. The number of aromatic nitrogens is 1. The minimum absolute atomic E-state index is 0.0778. The average molecular weight is 504 g/mol. The monoisotopic (exact) mass is 503 g/mol. The zero-order valence-corrected chi connectivity index (χ0v) is 21.9. The highest BCUT2D eigenvalue weighted by molar-refractivity contribution is 5.96. The molecule has 7 heteroatoms. The molecule has 1 aromatic heterocycles. The summed E-state index contributed by atoms with van der Waals surface area (Å²) < 4.78 is 18.0. The Labute approximate surface area is 215 Å². The van der Waals surface area contributed by atoms with Gasteiger partial charge in [-0.2, -0.15) is 0 Å². The van der Waals surface area contributed by atoms with Crippen molar-refractivity contribution in [3.05, 3.63) is 58.8 Å². The Morgan fingerprint density at radius 3 is 2.68 bits per heavy atom. The van der Waals surface area contributed by atoms with Gasteiger partial charge in [0, 0.05) is 51.9 Å². The SMILES string of the molecule is COC(=O)/C=C1/C=C2C3(CC[C@@]4(C)[C@@]2(O)C(=O)C[C@H]2Cc5c([nH]c6ccccc56)[C@@]24C)O[C@@H]1C(C)(C)O3. The van der Waals surface area contributed by atoms with E-state index in [1.807, 2.05) is 26.0 Å². The number of carbonyl (C=O) groups excluding carboxylic acids is 2. The molecule has 0 radical (unpaired) electrons. The molecule has 3 aliphatic carbocycles. The van der Waals surface area contributed by atoms with Crippen LogP contribution in [0.3, 0.4) is 0 Å². The Bertz CT molecular complexity index is 1470. The minimum Gasteiger partial charge on any atom is -0.466 e. The van der Waals surface area contributed by atoms with Crippen molar-refractivity contribution in [2.45, 2.75) is 81.9 Å². The second-order valence-electron chi connectivity index (χ2n) is 12.5. The fourth-order valence-electron chi connectivity index (χ4n) is 8.58. The van der Waals surface area contributed by atoms with Gasteiger partial charge in [-0.3, -0.25) is 4.79 Å². The van der Waals surface area contributed by atoms with E-state index in [-0.39, 0.29) is 18.1 Å². The number of methoxy groups -OCH3 is 1. The molecule has 1 saturated heterocycles. The molecule has 2 bridgehead atoms.